The summed E-state index contributed by atoms with van der Waals surface area (Å²) in [5, 5.41) is 0. The average molecular weight is 497 g/mol. The molecule has 0 saturated heterocycles. The second-order valence-corrected chi connectivity index (χ2v) is 6.60. The van der Waals surface area contributed by atoms with Crippen molar-refractivity contribution in [1.82, 2.24) is 0 Å². The Morgan fingerprint density at radius 1 is 0.562 bits per heavy atom. The van der Waals surface area contributed by atoms with Gasteiger partial charge in [-0.2, -0.15) is 25.3 Å². The molecule has 0 fully saturated rings. The summed E-state index contributed by atoms with van der Waals surface area (Å²) < 4.78 is 77.6. The zero-order valence-electron chi connectivity index (χ0n) is 8.46. The van der Waals surface area contributed by atoms with Gasteiger partial charge in [-0.1, -0.05) is 0 Å². The van der Waals surface area contributed by atoms with Crippen LogP contribution in [0.25, 0.3) is 0 Å². The van der Waals surface area contributed by atoms with Crippen LogP contribution < -0.4 is 0 Å². The second kappa shape index (κ2) is 9.62. The summed E-state index contributed by atoms with van der Waals surface area (Å²) in [5.74, 6) is 0. The number of rotatable bonds is 0. The van der Waals surface area contributed by atoms with Crippen molar-refractivity contribution in [2.45, 2.75) is 0 Å². The molecule has 0 aromatic rings. The topological polar surface area (TPSA) is 163 Å². The van der Waals surface area contributed by atoms with Crippen LogP contribution in [0, 0.1) is 0 Å². The maximum Gasteiger partial charge on any atom is 0.261 e. The van der Waals surface area contributed by atoms with Gasteiger partial charge in [0.15, 0.2) is 0 Å². The molecule has 0 saturated carbocycles. The number of hydrogen-bond donors (Lipinski definition) is 3. The summed E-state index contributed by atoms with van der Waals surface area (Å²) in [5.41, 5.74) is 0. The van der Waals surface area contributed by atoms with Gasteiger partial charge >= 0.3 is 0 Å². The molecule has 3 radical (unpaired) electrons. The van der Waals surface area contributed by atoms with Crippen LogP contribution in [-0.2, 0) is 30.4 Å². The van der Waals surface area contributed by atoms with E-state index < -0.39 is 30.4 Å². The van der Waals surface area contributed by atoms with Gasteiger partial charge in [0, 0.05) is 26.2 Å². The third-order valence-electron chi connectivity index (χ3n) is 0. The van der Waals surface area contributed by atoms with Gasteiger partial charge in [0.2, 0.25) is 0 Å². The van der Waals surface area contributed by atoms with Crippen molar-refractivity contribution in [2.75, 3.05) is 18.8 Å². The van der Waals surface area contributed by atoms with Gasteiger partial charge in [-0.25, -0.2) is 0 Å². The minimum absolute atomic E-state index is 0. The predicted molar refractivity (Wildman–Crippen MR) is 58.2 cm³/mol. The molecule has 0 aliphatic rings. The summed E-state index contributed by atoms with van der Waals surface area (Å²) in [7, 11) is -11.0. The van der Waals surface area contributed by atoms with Crippen LogP contribution >= 0.6 is 0 Å². The Bertz CT molecular complexity index is 347. The summed E-state index contributed by atoms with van der Waals surface area (Å²) in [6.45, 7) is 0. The molecule has 0 bridgehead atoms. The number of hydrogen-bond acceptors (Lipinski definition) is 6. The van der Waals surface area contributed by atoms with Crippen LogP contribution in [-0.4, -0.2) is 83.9 Å². The molecule has 3 N–H and O–H groups in total. The molecule has 0 aliphatic carbocycles. The molecule has 101 valence electrons. The Morgan fingerprint density at radius 2 is 0.562 bits per heavy atom. The Morgan fingerprint density at radius 3 is 0.562 bits per heavy atom. The van der Waals surface area contributed by atoms with Gasteiger partial charge in [0.25, 0.3) is 30.4 Å². The maximum absolute atomic E-state index is 9.19. The Kier molecular flexibility index (Phi) is 15.3. The average Bonchev–Trinajstić information content (AvgIpc) is 1.41. The van der Waals surface area contributed by atoms with Crippen molar-refractivity contribution < 1.29 is 38.9 Å². The Hall–Kier alpha value is 0.613. The predicted octanol–water partition coefficient (Wildman–Crippen LogP) is -1.87. The van der Waals surface area contributed by atoms with Crippen LogP contribution in [0.5, 0.6) is 0 Å². The van der Waals surface area contributed by atoms with E-state index in [2.05, 4.69) is 0 Å². The third kappa shape index (κ3) is 7200. The van der Waals surface area contributed by atoms with Crippen LogP contribution in [0.4, 0.5) is 0 Å². The summed E-state index contributed by atoms with van der Waals surface area (Å²) in [6.07, 6.45) is 2.15. The zero-order chi connectivity index (χ0) is 13.5. The van der Waals surface area contributed by atoms with Crippen molar-refractivity contribution >= 4 is 56.6 Å². The van der Waals surface area contributed by atoms with Crippen molar-refractivity contribution in [1.29, 1.82) is 0 Å². The zero-order valence-corrected chi connectivity index (χ0v) is 14.4. The fourth-order valence-electron chi connectivity index (χ4n) is 0. The fraction of sp³-hybridized carbons (Fsp3) is 1.00. The molecule has 0 atom stereocenters. The first-order valence-electron chi connectivity index (χ1n) is 2.77. The van der Waals surface area contributed by atoms with Crippen LogP contribution in [0.15, 0.2) is 0 Å². The van der Waals surface area contributed by atoms with Crippen LogP contribution in [0.1, 0.15) is 0 Å². The monoisotopic (exact) mass is 497 g/mol. The Labute approximate surface area is 114 Å². The first-order valence-corrected chi connectivity index (χ1v) is 8.32. The standard InChI is InChI=1S/3CH4O3S.Bi/c3*1-5(2,3)4;/h3*1H3,(H,2,3,4);. The molecule has 0 aromatic heterocycles. The largest absolute Gasteiger partial charge is 0.286 e. The van der Waals surface area contributed by atoms with Gasteiger partial charge in [-0.3, -0.25) is 13.7 Å². The molecule has 13 heteroatoms. The molecule has 0 amide bonds. The molecule has 16 heavy (non-hydrogen) atoms. The molecule has 0 heterocycles. The molecule has 0 rings (SSSR count). The first kappa shape index (κ1) is 25.5. The SMILES string of the molecule is CS(=O)(=O)O.CS(=O)(=O)O.CS(=O)(=O)O.[Bi]. The minimum Gasteiger partial charge on any atom is -0.286 e. The van der Waals surface area contributed by atoms with E-state index in [-0.39, 0.29) is 26.2 Å². The van der Waals surface area contributed by atoms with E-state index in [0.717, 1.165) is 0 Å². The van der Waals surface area contributed by atoms with Crippen molar-refractivity contribution in [3.05, 3.63) is 0 Å². The van der Waals surface area contributed by atoms with E-state index in [0.29, 0.717) is 18.8 Å². The molecule has 9 nitrogen and oxygen atoms in total. The van der Waals surface area contributed by atoms with Crippen LogP contribution in [0.3, 0.4) is 0 Å². The molecule has 0 aliphatic heterocycles. The van der Waals surface area contributed by atoms with Crippen LogP contribution in [0.2, 0.25) is 0 Å². The van der Waals surface area contributed by atoms with E-state index in [1.54, 1.807) is 0 Å². The Balaban J connectivity index is -0.0000000655. The summed E-state index contributed by atoms with van der Waals surface area (Å²) >= 11 is 0. The van der Waals surface area contributed by atoms with Gasteiger partial charge in [0.1, 0.15) is 0 Å². The van der Waals surface area contributed by atoms with Crippen molar-refractivity contribution in [3.63, 3.8) is 0 Å². The normalized spacial score (nSPS) is 10.9. The van der Waals surface area contributed by atoms with Crippen molar-refractivity contribution in [3.8, 4) is 0 Å². The fourth-order valence-corrected chi connectivity index (χ4v) is 0. The van der Waals surface area contributed by atoms with Gasteiger partial charge in [-0.15, -0.1) is 0 Å². The summed E-state index contributed by atoms with van der Waals surface area (Å²) in [6, 6.07) is 0. The smallest absolute Gasteiger partial charge is 0.261 e. The summed E-state index contributed by atoms with van der Waals surface area (Å²) in [4.78, 5) is 0. The molecule has 0 spiro atoms. The minimum atomic E-state index is -3.67. The second-order valence-electron chi connectivity index (χ2n) is 2.20. The van der Waals surface area contributed by atoms with Crippen molar-refractivity contribution in [2.24, 2.45) is 0 Å². The first-order chi connectivity index (χ1) is 6.00. The quantitative estimate of drug-likeness (QED) is 0.257. The molecule has 0 aromatic carbocycles. The van der Waals surface area contributed by atoms with E-state index in [1.807, 2.05) is 0 Å². The molecular weight excluding hydrogens is 485 g/mol. The molecular formula is C3H12BiO9S3. The maximum atomic E-state index is 9.19. The van der Waals surface area contributed by atoms with Gasteiger partial charge < -0.3 is 0 Å². The van der Waals surface area contributed by atoms with E-state index in [4.69, 9.17) is 13.7 Å². The van der Waals surface area contributed by atoms with E-state index in [1.165, 1.54) is 0 Å². The van der Waals surface area contributed by atoms with Gasteiger partial charge in [0.05, 0.1) is 18.8 Å². The van der Waals surface area contributed by atoms with Gasteiger partial charge in [-0.05, 0) is 0 Å². The van der Waals surface area contributed by atoms with E-state index in [9.17, 15) is 25.3 Å². The third-order valence-corrected chi connectivity index (χ3v) is 0. The molecule has 0 unspecified atom stereocenters. The van der Waals surface area contributed by atoms with E-state index >= 15 is 0 Å².